The van der Waals surface area contributed by atoms with Gasteiger partial charge < -0.3 is 9.84 Å². The lowest BCUT2D eigenvalue weighted by atomic mass is 9.80. The molecule has 0 unspecified atom stereocenters. The summed E-state index contributed by atoms with van der Waals surface area (Å²) in [6.45, 7) is 0. The number of phenolic OH excluding ortho intramolecular Hbond substituents is 1. The van der Waals surface area contributed by atoms with Crippen LogP contribution in [0.4, 0.5) is 0 Å². The first kappa shape index (κ1) is 11.1. The Balaban J connectivity index is 1.70. The summed E-state index contributed by atoms with van der Waals surface area (Å²) >= 11 is 0. The van der Waals surface area contributed by atoms with Gasteiger partial charge in [0.15, 0.2) is 0 Å². The average Bonchev–Trinajstić information content (AvgIpc) is 2.32. The number of hydrogen-bond acceptors (Lipinski definition) is 2. The molecular weight excluding hydrogens is 224 g/mol. The molecule has 18 heavy (non-hydrogen) atoms. The van der Waals surface area contributed by atoms with E-state index in [0.29, 0.717) is 0 Å². The Labute approximate surface area is 107 Å². The van der Waals surface area contributed by atoms with E-state index in [1.54, 1.807) is 24.3 Å². The fourth-order valence-corrected chi connectivity index (χ4v) is 2.20. The van der Waals surface area contributed by atoms with Gasteiger partial charge in [-0.15, -0.1) is 0 Å². The summed E-state index contributed by atoms with van der Waals surface area (Å²) in [4.78, 5) is 0. The molecule has 1 aliphatic carbocycles. The Morgan fingerprint density at radius 3 is 1.89 bits per heavy atom. The summed E-state index contributed by atoms with van der Waals surface area (Å²) in [6.07, 6.45) is 3.99. The van der Waals surface area contributed by atoms with Crippen LogP contribution in [0.3, 0.4) is 0 Å². The largest absolute Gasteiger partial charge is 0.508 e. The van der Waals surface area contributed by atoms with E-state index in [9.17, 15) is 5.11 Å². The third kappa shape index (κ3) is 2.33. The summed E-state index contributed by atoms with van der Waals surface area (Å²) < 4.78 is 5.71. The minimum Gasteiger partial charge on any atom is -0.508 e. The van der Waals surface area contributed by atoms with E-state index < -0.39 is 0 Å². The Morgan fingerprint density at radius 2 is 1.39 bits per heavy atom. The van der Waals surface area contributed by atoms with Gasteiger partial charge in [-0.25, -0.2) is 0 Å². The van der Waals surface area contributed by atoms with Gasteiger partial charge in [0.25, 0.3) is 0 Å². The second-order valence-electron chi connectivity index (χ2n) is 4.79. The van der Waals surface area contributed by atoms with Crippen molar-refractivity contribution < 1.29 is 9.84 Å². The first-order valence-corrected chi connectivity index (χ1v) is 6.38. The molecular formula is C16H16O2. The van der Waals surface area contributed by atoms with E-state index >= 15 is 0 Å². The normalized spacial score (nSPS) is 15.1. The highest BCUT2D eigenvalue weighted by Gasteiger charge is 2.18. The molecule has 1 N–H and O–H groups in total. The van der Waals surface area contributed by atoms with Gasteiger partial charge in [0.1, 0.15) is 17.2 Å². The van der Waals surface area contributed by atoms with Crippen molar-refractivity contribution in [3.63, 3.8) is 0 Å². The predicted octanol–water partition coefficient (Wildman–Crippen LogP) is 4.45. The number of aromatic hydroxyl groups is 1. The van der Waals surface area contributed by atoms with Crippen LogP contribution < -0.4 is 4.74 Å². The van der Waals surface area contributed by atoms with Gasteiger partial charge in [-0.05, 0) is 60.7 Å². The van der Waals surface area contributed by atoms with Gasteiger partial charge >= 0.3 is 0 Å². The third-order valence-corrected chi connectivity index (χ3v) is 3.53. The number of benzene rings is 2. The lowest BCUT2D eigenvalue weighted by Crippen LogP contribution is -2.08. The van der Waals surface area contributed by atoms with E-state index in [1.165, 1.54) is 24.8 Å². The van der Waals surface area contributed by atoms with Crippen molar-refractivity contribution in [1.29, 1.82) is 0 Å². The van der Waals surface area contributed by atoms with Crippen LogP contribution in [0.1, 0.15) is 30.7 Å². The zero-order valence-corrected chi connectivity index (χ0v) is 10.2. The van der Waals surface area contributed by atoms with E-state index in [-0.39, 0.29) is 5.75 Å². The smallest absolute Gasteiger partial charge is 0.127 e. The average molecular weight is 240 g/mol. The minimum atomic E-state index is 0.252. The molecule has 0 aromatic heterocycles. The molecule has 0 atom stereocenters. The molecule has 2 aromatic carbocycles. The fourth-order valence-electron chi connectivity index (χ4n) is 2.20. The minimum absolute atomic E-state index is 0.252. The summed E-state index contributed by atoms with van der Waals surface area (Å²) in [5.74, 6) is 2.59. The zero-order chi connectivity index (χ0) is 12.4. The molecule has 3 rings (SSSR count). The van der Waals surface area contributed by atoms with Crippen LogP contribution in [0, 0.1) is 0 Å². The van der Waals surface area contributed by atoms with Crippen molar-refractivity contribution in [1.82, 2.24) is 0 Å². The van der Waals surface area contributed by atoms with E-state index in [2.05, 4.69) is 12.1 Å². The van der Waals surface area contributed by atoms with Gasteiger partial charge in [0.2, 0.25) is 0 Å². The van der Waals surface area contributed by atoms with E-state index in [1.807, 2.05) is 12.1 Å². The Bertz CT molecular complexity index is 510. The second-order valence-corrected chi connectivity index (χ2v) is 4.79. The topological polar surface area (TPSA) is 29.5 Å². The maximum atomic E-state index is 9.20. The molecule has 1 aliphatic rings. The summed E-state index contributed by atoms with van der Waals surface area (Å²) in [7, 11) is 0. The number of hydrogen-bond donors (Lipinski definition) is 1. The molecule has 0 amide bonds. The molecule has 0 aliphatic heterocycles. The maximum Gasteiger partial charge on any atom is 0.127 e. The molecule has 0 saturated heterocycles. The van der Waals surface area contributed by atoms with Crippen molar-refractivity contribution in [2.75, 3.05) is 0 Å². The van der Waals surface area contributed by atoms with Gasteiger partial charge in [-0.1, -0.05) is 18.6 Å². The molecule has 0 spiro atoms. The monoisotopic (exact) mass is 240 g/mol. The quantitative estimate of drug-likeness (QED) is 0.858. The highest BCUT2D eigenvalue weighted by molar-refractivity contribution is 5.36. The Morgan fingerprint density at radius 1 is 0.833 bits per heavy atom. The van der Waals surface area contributed by atoms with Crippen LogP contribution in [-0.4, -0.2) is 5.11 Å². The highest BCUT2D eigenvalue weighted by atomic mass is 16.5. The SMILES string of the molecule is Oc1ccc(Oc2ccc(C3CCC3)cc2)cc1. The molecule has 0 radical (unpaired) electrons. The Kier molecular flexibility index (Phi) is 2.93. The molecule has 1 saturated carbocycles. The van der Waals surface area contributed by atoms with Gasteiger partial charge in [-0.3, -0.25) is 0 Å². The third-order valence-electron chi connectivity index (χ3n) is 3.53. The number of phenols is 1. The molecule has 2 nitrogen and oxygen atoms in total. The zero-order valence-electron chi connectivity index (χ0n) is 10.2. The molecule has 0 bridgehead atoms. The van der Waals surface area contributed by atoms with Crippen LogP contribution in [0.5, 0.6) is 17.2 Å². The summed E-state index contributed by atoms with van der Waals surface area (Å²) in [5.41, 5.74) is 1.42. The van der Waals surface area contributed by atoms with Crippen LogP contribution in [-0.2, 0) is 0 Å². The van der Waals surface area contributed by atoms with Crippen molar-refractivity contribution in [3.05, 3.63) is 54.1 Å². The lowest BCUT2D eigenvalue weighted by molar-refractivity contribution is 0.418. The molecule has 2 heteroatoms. The van der Waals surface area contributed by atoms with Crippen LogP contribution in [0.2, 0.25) is 0 Å². The summed E-state index contributed by atoms with van der Waals surface area (Å²) in [6, 6.07) is 15.1. The van der Waals surface area contributed by atoms with E-state index in [0.717, 1.165) is 17.4 Å². The first-order chi connectivity index (χ1) is 8.81. The van der Waals surface area contributed by atoms with Crippen molar-refractivity contribution in [2.24, 2.45) is 0 Å². The highest BCUT2D eigenvalue weighted by Crippen LogP contribution is 2.37. The maximum absolute atomic E-state index is 9.20. The molecule has 0 heterocycles. The van der Waals surface area contributed by atoms with Crippen molar-refractivity contribution in [2.45, 2.75) is 25.2 Å². The molecule has 2 aromatic rings. The fraction of sp³-hybridized carbons (Fsp3) is 0.250. The van der Waals surface area contributed by atoms with Gasteiger partial charge in [-0.2, -0.15) is 0 Å². The number of rotatable bonds is 3. The van der Waals surface area contributed by atoms with Crippen LogP contribution >= 0.6 is 0 Å². The Hall–Kier alpha value is -1.96. The van der Waals surface area contributed by atoms with Gasteiger partial charge in [0, 0.05) is 0 Å². The van der Waals surface area contributed by atoms with E-state index in [4.69, 9.17) is 4.74 Å². The molecule has 1 fully saturated rings. The predicted molar refractivity (Wildman–Crippen MR) is 71.2 cm³/mol. The standard InChI is InChI=1S/C16H16O2/c17-14-6-10-16(11-7-14)18-15-8-4-13(5-9-15)12-2-1-3-12/h4-12,17H,1-3H2. The van der Waals surface area contributed by atoms with Crippen LogP contribution in [0.15, 0.2) is 48.5 Å². The van der Waals surface area contributed by atoms with Gasteiger partial charge in [0.05, 0.1) is 0 Å². The lowest BCUT2D eigenvalue weighted by Gasteiger charge is -2.25. The van der Waals surface area contributed by atoms with Crippen molar-refractivity contribution in [3.8, 4) is 17.2 Å². The van der Waals surface area contributed by atoms with Crippen molar-refractivity contribution >= 4 is 0 Å². The van der Waals surface area contributed by atoms with Crippen LogP contribution in [0.25, 0.3) is 0 Å². The first-order valence-electron chi connectivity index (χ1n) is 6.38. The molecule has 92 valence electrons. The summed E-state index contributed by atoms with van der Waals surface area (Å²) in [5, 5.41) is 9.20. The number of ether oxygens (including phenoxy) is 1. The second kappa shape index (κ2) is 4.73.